The Kier molecular flexibility index (Phi) is 2.15. The van der Waals surface area contributed by atoms with Crippen LogP contribution in [0.3, 0.4) is 0 Å². The van der Waals surface area contributed by atoms with Gasteiger partial charge in [0.1, 0.15) is 0 Å². The van der Waals surface area contributed by atoms with Crippen LogP contribution in [0.2, 0.25) is 0 Å². The van der Waals surface area contributed by atoms with Crippen molar-refractivity contribution in [1.82, 2.24) is 0 Å². The number of carbonyl (C=O) groups excluding carboxylic acids is 1. The van der Waals surface area contributed by atoms with Crippen LogP contribution in [0.1, 0.15) is 20.3 Å². The Labute approximate surface area is 65.1 Å². The summed E-state index contributed by atoms with van der Waals surface area (Å²) in [6, 6.07) is 0. The number of aliphatic hydroxyl groups is 1. The predicted octanol–water partition coefficient (Wildman–Crippen LogP) is 0.0469. The first-order valence-corrected chi connectivity index (χ1v) is 3.56. The van der Waals surface area contributed by atoms with Gasteiger partial charge in [-0.15, -0.1) is 0 Å². The second kappa shape index (κ2) is 2.79. The normalized spacial score (nSPS) is 37.2. The lowest BCUT2D eigenvalue weighted by molar-refractivity contribution is -0.212. The van der Waals surface area contributed by atoms with E-state index in [4.69, 9.17) is 9.47 Å². The van der Waals surface area contributed by atoms with Gasteiger partial charge in [-0.25, -0.2) is 0 Å². The van der Waals surface area contributed by atoms with Crippen molar-refractivity contribution in [3.63, 3.8) is 0 Å². The van der Waals surface area contributed by atoms with Crippen LogP contribution in [-0.4, -0.2) is 29.6 Å². The number of esters is 1. The van der Waals surface area contributed by atoms with Gasteiger partial charge in [0, 0.05) is 13.3 Å². The average Bonchev–Trinajstić information content (AvgIpc) is 2.10. The minimum Gasteiger partial charge on any atom is -0.457 e. The summed E-state index contributed by atoms with van der Waals surface area (Å²) in [5.74, 6) is -1.69. The lowest BCUT2D eigenvalue weighted by atomic mass is 10.1. The molecule has 1 aliphatic rings. The van der Waals surface area contributed by atoms with Crippen LogP contribution in [0.15, 0.2) is 0 Å². The molecule has 1 heterocycles. The van der Waals surface area contributed by atoms with Gasteiger partial charge in [-0.05, 0) is 6.92 Å². The average molecular weight is 160 g/mol. The molecule has 4 nitrogen and oxygen atoms in total. The fourth-order valence-electron chi connectivity index (χ4n) is 1.10. The molecule has 11 heavy (non-hydrogen) atoms. The maximum atomic E-state index is 10.5. The molecule has 4 heteroatoms. The summed E-state index contributed by atoms with van der Waals surface area (Å²) >= 11 is 0. The highest BCUT2D eigenvalue weighted by molar-refractivity contribution is 5.66. The van der Waals surface area contributed by atoms with Crippen molar-refractivity contribution in [3.05, 3.63) is 0 Å². The van der Waals surface area contributed by atoms with E-state index in [1.54, 1.807) is 0 Å². The van der Waals surface area contributed by atoms with Crippen LogP contribution < -0.4 is 0 Å². The molecule has 0 aromatic heterocycles. The molecule has 1 N–H and O–H groups in total. The molecule has 0 spiro atoms. The van der Waals surface area contributed by atoms with E-state index in [0.717, 1.165) is 0 Å². The van der Waals surface area contributed by atoms with Crippen molar-refractivity contribution in [2.24, 2.45) is 0 Å². The molecule has 1 saturated heterocycles. The van der Waals surface area contributed by atoms with E-state index >= 15 is 0 Å². The van der Waals surface area contributed by atoms with Crippen molar-refractivity contribution in [2.45, 2.75) is 32.2 Å². The van der Waals surface area contributed by atoms with Crippen LogP contribution in [0.4, 0.5) is 0 Å². The van der Waals surface area contributed by atoms with Gasteiger partial charge >= 0.3 is 5.97 Å². The molecule has 0 saturated carbocycles. The van der Waals surface area contributed by atoms with Crippen LogP contribution >= 0.6 is 0 Å². The van der Waals surface area contributed by atoms with Gasteiger partial charge in [-0.1, -0.05) is 0 Å². The lowest BCUT2D eigenvalue weighted by Crippen LogP contribution is -2.38. The highest BCUT2D eigenvalue weighted by atomic mass is 16.7. The van der Waals surface area contributed by atoms with E-state index in [1.807, 2.05) is 0 Å². The SMILES string of the molecule is CC(=O)OC1CCOC1(C)O. The van der Waals surface area contributed by atoms with Gasteiger partial charge in [-0.3, -0.25) is 4.79 Å². The van der Waals surface area contributed by atoms with Gasteiger partial charge < -0.3 is 14.6 Å². The number of carbonyl (C=O) groups is 1. The number of ether oxygens (including phenoxy) is 2. The van der Waals surface area contributed by atoms with Gasteiger partial charge in [0.15, 0.2) is 6.10 Å². The summed E-state index contributed by atoms with van der Waals surface area (Å²) in [6.45, 7) is 3.24. The molecule has 1 fully saturated rings. The summed E-state index contributed by atoms with van der Waals surface area (Å²) in [5, 5.41) is 9.40. The number of hydrogen-bond acceptors (Lipinski definition) is 4. The third-order valence-electron chi connectivity index (χ3n) is 1.68. The van der Waals surface area contributed by atoms with Gasteiger partial charge in [0.25, 0.3) is 0 Å². The first-order chi connectivity index (χ1) is 5.02. The van der Waals surface area contributed by atoms with Crippen molar-refractivity contribution in [3.8, 4) is 0 Å². The maximum Gasteiger partial charge on any atom is 0.303 e. The van der Waals surface area contributed by atoms with Crippen LogP contribution in [0.25, 0.3) is 0 Å². The first-order valence-electron chi connectivity index (χ1n) is 3.56. The summed E-state index contributed by atoms with van der Waals surface area (Å²) in [6.07, 6.45) is 0.0482. The topological polar surface area (TPSA) is 55.8 Å². The van der Waals surface area contributed by atoms with Crippen molar-refractivity contribution >= 4 is 5.97 Å². The Morgan fingerprint density at radius 2 is 2.45 bits per heavy atom. The third-order valence-corrected chi connectivity index (χ3v) is 1.68. The smallest absolute Gasteiger partial charge is 0.303 e. The van der Waals surface area contributed by atoms with E-state index in [-0.39, 0.29) is 5.97 Å². The van der Waals surface area contributed by atoms with E-state index in [1.165, 1.54) is 13.8 Å². The van der Waals surface area contributed by atoms with Crippen molar-refractivity contribution < 1.29 is 19.4 Å². The van der Waals surface area contributed by atoms with Gasteiger partial charge in [0.2, 0.25) is 5.79 Å². The predicted molar refractivity (Wildman–Crippen MR) is 36.7 cm³/mol. The van der Waals surface area contributed by atoms with Crippen LogP contribution in [0, 0.1) is 0 Å². The molecule has 0 aliphatic carbocycles. The molecule has 0 bridgehead atoms. The Hall–Kier alpha value is -0.610. The quantitative estimate of drug-likeness (QED) is 0.550. The second-order valence-electron chi connectivity index (χ2n) is 2.79. The van der Waals surface area contributed by atoms with Gasteiger partial charge in [-0.2, -0.15) is 0 Å². The Morgan fingerprint density at radius 3 is 2.82 bits per heavy atom. The highest BCUT2D eigenvalue weighted by Crippen LogP contribution is 2.25. The molecule has 0 amide bonds. The standard InChI is InChI=1S/C7H12O4/c1-5(8)11-6-3-4-10-7(6,2)9/h6,9H,3-4H2,1-2H3. The molecule has 1 aliphatic heterocycles. The van der Waals surface area contributed by atoms with E-state index < -0.39 is 11.9 Å². The number of hydrogen-bond donors (Lipinski definition) is 1. The van der Waals surface area contributed by atoms with E-state index in [0.29, 0.717) is 13.0 Å². The fourth-order valence-corrected chi connectivity index (χ4v) is 1.10. The Bertz CT molecular complexity index is 164. The molecule has 2 unspecified atom stereocenters. The number of rotatable bonds is 1. The molecule has 0 radical (unpaired) electrons. The second-order valence-corrected chi connectivity index (χ2v) is 2.79. The zero-order valence-electron chi connectivity index (χ0n) is 6.66. The third kappa shape index (κ3) is 1.91. The molecule has 0 aromatic carbocycles. The van der Waals surface area contributed by atoms with E-state index in [9.17, 15) is 9.90 Å². The highest BCUT2D eigenvalue weighted by Gasteiger charge is 2.40. The molecule has 64 valence electrons. The van der Waals surface area contributed by atoms with Crippen molar-refractivity contribution in [2.75, 3.05) is 6.61 Å². The van der Waals surface area contributed by atoms with Gasteiger partial charge in [0.05, 0.1) is 6.61 Å². The monoisotopic (exact) mass is 160 g/mol. The summed E-state index contributed by atoms with van der Waals surface area (Å²) < 4.78 is 9.74. The molecular weight excluding hydrogens is 148 g/mol. The Balaban J connectivity index is 2.51. The zero-order valence-corrected chi connectivity index (χ0v) is 6.66. The summed E-state index contributed by atoms with van der Waals surface area (Å²) in [5.41, 5.74) is 0. The largest absolute Gasteiger partial charge is 0.457 e. The minimum atomic E-state index is -1.30. The zero-order chi connectivity index (χ0) is 8.48. The summed E-state index contributed by atoms with van der Waals surface area (Å²) in [7, 11) is 0. The maximum absolute atomic E-state index is 10.5. The molecule has 2 atom stereocenters. The van der Waals surface area contributed by atoms with Crippen LogP contribution in [-0.2, 0) is 14.3 Å². The molecule has 0 aromatic rings. The van der Waals surface area contributed by atoms with Crippen LogP contribution in [0.5, 0.6) is 0 Å². The minimum absolute atomic E-state index is 0.388. The van der Waals surface area contributed by atoms with Crippen molar-refractivity contribution in [1.29, 1.82) is 0 Å². The first kappa shape index (κ1) is 8.49. The van der Waals surface area contributed by atoms with E-state index in [2.05, 4.69) is 0 Å². The molecular formula is C7H12O4. The molecule has 1 rings (SSSR count). The fraction of sp³-hybridized carbons (Fsp3) is 0.857. The summed E-state index contributed by atoms with van der Waals surface area (Å²) in [4.78, 5) is 10.5. The Morgan fingerprint density at radius 1 is 1.82 bits per heavy atom. The lowest BCUT2D eigenvalue weighted by Gasteiger charge is -2.23.